The monoisotopic (exact) mass is 366 g/mol. The van der Waals surface area contributed by atoms with Gasteiger partial charge in [0.1, 0.15) is 5.54 Å². The van der Waals surface area contributed by atoms with Gasteiger partial charge in [0.15, 0.2) is 0 Å². The van der Waals surface area contributed by atoms with Crippen molar-refractivity contribution in [2.45, 2.75) is 44.2 Å². The summed E-state index contributed by atoms with van der Waals surface area (Å²) in [6, 6.07) is 7.77. The van der Waals surface area contributed by atoms with E-state index in [1.807, 2.05) is 17.0 Å². The summed E-state index contributed by atoms with van der Waals surface area (Å²) in [5, 5.41) is 6.37. The van der Waals surface area contributed by atoms with Gasteiger partial charge in [0.05, 0.1) is 6.54 Å². The van der Waals surface area contributed by atoms with E-state index < -0.39 is 11.6 Å². The largest absolute Gasteiger partial charge is 0.357 e. The van der Waals surface area contributed by atoms with Crippen molar-refractivity contribution in [2.75, 3.05) is 6.54 Å². The number of imide groups is 1. The van der Waals surface area contributed by atoms with Gasteiger partial charge in [-0.25, -0.2) is 4.79 Å². The number of hydrogen-bond acceptors (Lipinski definition) is 3. The second-order valence-electron chi connectivity index (χ2n) is 7.85. The molecule has 1 aromatic carbocycles. The Labute approximate surface area is 156 Å². The first-order chi connectivity index (χ1) is 13.1. The molecule has 0 bridgehead atoms. The maximum absolute atomic E-state index is 12.8. The Kier molecular flexibility index (Phi) is 3.54. The molecule has 2 fully saturated rings. The number of rotatable bonds is 4. The molecule has 3 N–H and O–H groups in total. The second-order valence-corrected chi connectivity index (χ2v) is 7.85. The number of aromatic amines is 1. The van der Waals surface area contributed by atoms with Gasteiger partial charge in [-0.2, -0.15) is 0 Å². The van der Waals surface area contributed by atoms with Crippen LogP contribution in [0.5, 0.6) is 0 Å². The number of carbonyl (C=O) groups is 3. The van der Waals surface area contributed by atoms with Crippen molar-refractivity contribution < 1.29 is 14.4 Å². The van der Waals surface area contributed by atoms with E-state index in [-0.39, 0.29) is 24.2 Å². The Hall–Kier alpha value is -2.83. The SMILES string of the molecule is O=C1NC(=O)[C@](CCC(=O)N2CCc3c([nH]c4ccccc34)C2)(C2CC2)N1. The zero-order chi connectivity index (χ0) is 18.6. The molecule has 0 spiro atoms. The molecule has 0 radical (unpaired) electrons. The summed E-state index contributed by atoms with van der Waals surface area (Å²) in [4.78, 5) is 42.0. The maximum Gasteiger partial charge on any atom is 0.322 e. The third-order valence-electron chi connectivity index (χ3n) is 6.21. The summed E-state index contributed by atoms with van der Waals surface area (Å²) >= 11 is 0. The van der Waals surface area contributed by atoms with E-state index in [0.717, 1.165) is 30.5 Å². The van der Waals surface area contributed by atoms with Crippen LogP contribution in [0.2, 0.25) is 0 Å². The number of fused-ring (bicyclic) bond motifs is 3. The van der Waals surface area contributed by atoms with E-state index in [1.165, 1.54) is 10.9 Å². The number of hydrogen-bond donors (Lipinski definition) is 3. The predicted octanol–water partition coefficient (Wildman–Crippen LogP) is 1.82. The molecule has 7 nitrogen and oxygen atoms in total. The van der Waals surface area contributed by atoms with Crippen LogP contribution in [-0.2, 0) is 22.6 Å². The fraction of sp³-hybridized carbons (Fsp3) is 0.450. The highest BCUT2D eigenvalue weighted by atomic mass is 16.2. The number of carbonyl (C=O) groups excluding carboxylic acids is 3. The van der Waals surface area contributed by atoms with Gasteiger partial charge in [0.25, 0.3) is 5.91 Å². The lowest BCUT2D eigenvalue weighted by atomic mass is 9.87. The number of benzene rings is 1. The lowest BCUT2D eigenvalue weighted by molar-refractivity contribution is -0.133. The molecule has 1 saturated heterocycles. The van der Waals surface area contributed by atoms with Gasteiger partial charge < -0.3 is 15.2 Å². The standard InChI is InChI=1S/C20H22N4O3/c25-17(7-9-20(12-5-6-12)18(26)22-19(27)23-20)24-10-8-14-13-3-1-2-4-15(13)21-16(14)11-24/h1-4,12,21H,5-11H2,(H2,22,23,26,27)/t20-/m0/s1. The molecule has 27 heavy (non-hydrogen) atoms. The molecule has 1 aliphatic carbocycles. The van der Waals surface area contributed by atoms with Crippen LogP contribution < -0.4 is 10.6 Å². The number of urea groups is 1. The fourth-order valence-corrected chi connectivity index (χ4v) is 4.62. The minimum absolute atomic E-state index is 0.0354. The summed E-state index contributed by atoms with van der Waals surface area (Å²) in [5.41, 5.74) is 2.61. The summed E-state index contributed by atoms with van der Waals surface area (Å²) in [6.45, 7) is 1.25. The molecule has 3 heterocycles. The zero-order valence-corrected chi connectivity index (χ0v) is 15.0. The van der Waals surface area contributed by atoms with Crippen LogP contribution in [0.1, 0.15) is 36.9 Å². The Balaban J connectivity index is 1.29. The average molecular weight is 366 g/mol. The Morgan fingerprint density at radius 2 is 2.04 bits per heavy atom. The molecular formula is C20H22N4O3. The average Bonchev–Trinajstić information content (AvgIpc) is 3.39. The first kappa shape index (κ1) is 16.4. The van der Waals surface area contributed by atoms with Crippen LogP contribution in [0.4, 0.5) is 4.79 Å². The highest BCUT2D eigenvalue weighted by Crippen LogP contribution is 2.44. The van der Waals surface area contributed by atoms with Crippen LogP contribution >= 0.6 is 0 Å². The summed E-state index contributed by atoms with van der Waals surface area (Å²) < 4.78 is 0. The van der Waals surface area contributed by atoms with Crippen LogP contribution in [0, 0.1) is 5.92 Å². The molecule has 7 heteroatoms. The van der Waals surface area contributed by atoms with Gasteiger partial charge in [-0.3, -0.25) is 14.9 Å². The maximum atomic E-state index is 12.8. The normalized spacial score (nSPS) is 24.7. The molecule has 4 amide bonds. The number of para-hydroxylation sites is 1. The summed E-state index contributed by atoms with van der Waals surface area (Å²) in [6.07, 6.45) is 3.30. The molecule has 1 aromatic heterocycles. The number of amides is 4. The Bertz CT molecular complexity index is 961. The topological polar surface area (TPSA) is 94.3 Å². The molecular weight excluding hydrogens is 344 g/mol. The number of nitrogens with zero attached hydrogens (tertiary/aromatic N) is 1. The molecule has 140 valence electrons. The minimum atomic E-state index is -0.894. The van der Waals surface area contributed by atoms with Crippen LogP contribution in [0.15, 0.2) is 24.3 Å². The quantitative estimate of drug-likeness (QED) is 0.721. The van der Waals surface area contributed by atoms with E-state index in [9.17, 15) is 14.4 Å². The molecule has 5 rings (SSSR count). The molecule has 1 saturated carbocycles. The van der Waals surface area contributed by atoms with Crippen LogP contribution in [-0.4, -0.2) is 39.8 Å². The summed E-state index contributed by atoms with van der Waals surface area (Å²) in [5.74, 6) is -0.0916. The van der Waals surface area contributed by atoms with Crippen molar-refractivity contribution in [1.82, 2.24) is 20.5 Å². The van der Waals surface area contributed by atoms with Crippen molar-refractivity contribution >= 4 is 28.7 Å². The van der Waals surface area contributed by atoms with E-state index in [4.69, 9.17) is 0 Å². The van der Waals surface area contributed by atoms with Gasteiger partial charge in [0, 0.05) is 29.6 Å². The van der Waals surface area contributed by atoms with Crippen molar-refractivity contribution in [2.24, 2.45) is 5.92 Å². The van der Waals surface area contributed by atoms with Crippen molar-refractivity contribution in [3.63, 3.8) is 0 Å². The Morgan fingerprint density at radius 1 is 1.22 bits per heavy atom. The van der Waals surface area contributed by atoms with E-state index in [2.05, 4.69) is 27.8 Å². The number of H-pyrrole nitrogens is 1. The second kappa shape index (κ2) is 5.84. The van der Waals surface area contributed by atoms with Crippen molar-refractivity contribution in [3.8, 4) is 0 Å². The lowest BCUT2D eigenvalue weighted by Crippen LogP contribution is -2.50. The molecule has 0 unspecified atom stereocenters. The predicted molar refractivity (Wildman–Crippen MR) is 98.8 cm³/mol. The van der Waals surface area contributed by atoms with E-state index in [0.29, 0.717) is 19.5 Å². The first-order valence-electron chi connectivity index (χ1n) is 9.57. The third-order valence-corrected chi connectivity index (χ3v) is 6.21. The van der Waals surface area contributed by atoms with Gasteiger partial charge >= 0.3 is 6.03 Å². The van der Waals surface area contributed by atoms with Crippen molar-refractivity contribution in [1.29, 1.82) is 0 Å². The zero-order valence-electron chi connectivity index (χ0n) is 15.0. The number of aromatic nitrogens is 1. The molecule has 2 aromatic rings. The smallest absolute Gasteiger partial charge is 0.322 e. The molecule has 1 atom stereocenters. The van der Waals surface area contributed by atoms with E-state index >= 15 is 0 Å². The van der Waals surface area contributed by atoms with Gasteiger partial charge in [-0.1, -0.05) is 18.2 Å². The summed E-state index contributed by atoms with van der Waals surface area (Å²) in [7, 11) is 0. The van der Waals surface area contributed by atoms with E-state index in [1.54, 1.807) is 0 Å². The van der Waals surface area contributed by atoms with Gasteiger partial charge in [0.2, 0.25) is 5.91 Å². The van der Waals surface area contributed by atoms with Gasteiger partial charge in [-0.05, 0) is 43.2 Å². The first-order valence-corrected chi connectivity index (χ1v) is 9.57. The van der Waals surface area contributed by atoms with Crippen LogP contribution in [0.3, 0.4) is 0 Å². The molecule has 2 aliphatic heterocycles. The highest BCUT2D eigenvalue weighted by Gasteiger charge is 2.55. The van der Waals surface area contributed by atoms with Gasteiger partial charge in [-0.15, -0.1) is 0 Å². The Morgan fingerprint density at radius 3 is 2.78 bits per heavy atom. The molecule has 3 aliphatic rings. The van der Waals surface area contributed by atoms with Crippen LogP contribution in [0.25, 0.3) is 10.9 Å². The van der Waals surface area contributed by atoms with Crippen molar-refractivity contribution in [3.05, 3.63) is 35.5 Å². The lowest BCUT2D eigenvalue weighted by Gasteiger charge is -2.30. The highest BCUT2D eigenvalue weighted by molar-refractivity contribution is 6.07. The minimum Gasteiger partial charge on any atom is -0.357 e. The fourth-order valence-electron chi connectivity index (χ4n) is 4.62. The number of nitrogens with one attached hydrogen (secondary N) is 3. The third kappa shape index (κ3) is 2.60.